The van der Waals surface area contributed by atoms with Crippen molar-refractivity contribution in [3.8, 4) is 0 Å². The van der Waals surface area contributed by atoms with Gasteiger partial charge in [-0.15, -0.1) is 0 Å². The second-order valence-electron chi connectivity index (χ2n) is 6.13. The lowest BCUT2D eigenvalue weighted by Crippen LogP contribution is -2.43. The Hall–Kier alpha value is -1.13. The summed E-state index contributed by atoms with van der Waals surface area (Å²) >= 11 is 5.77. The molecule has 0 aliphatic rings. The number of hydrogen-bond acceptors (Lipinski definition) is 3. The van der Waals surface area contributed by atoms with Gasteiger partial charge in [-0.05, 0) is 25.0 Å². The Bertz CT molecular complexity index is 487. The molecule has 0 spiro atoms. The van der Waals surface area contributed by atoms with E-state index in [0.29, 0.717) is 23.0 Å². The normalized spacial score (nSPS) is 13.4. The zero-order chi connectivity index (χ0) is 15.5. The molecule has 0 radical (unpaired) electrons. The van der Waals surface area contributed by atoms with Gasteiger partial charge in [0.05, 0.1) is 17.4 Å². The van der Waals surface area contributed by atoms with Crippen LogP contribution in [0.5, 0.6) is 0 Å². The first-order chi connectivity index (χ1) is 9.15. The van der Waals surface area contributed by atoms with Crippen LogP contribution in [-0.2, 0) is 0 Å². The molecule has 1 amide bonds. The van der Waals surface area contributed by atoms with Crippen molar-refractivity contribution in [3.05, 3.63) is 28.5 Å². The van der Waals surface area contributed by atoms with Crippen LogP contribution in [0.2, 0.25) is 5.15 Å². The third-order valence-electron chi connectivity index (χ3n) is 3.43. The highest BCUT2D eigenvalue weighted by Crippen LogP contribution is 2.25. The van der Waals surface area contributed by atoms with Gasteiger partial charge in [0.25, 0.3) is 5.91 Å². The predicted molar refractivity (Wildman–Crippen MR) is 80.9 cm³/mol. The number of hydrogen-bond donors (Lipinski definition) is 2. The lowest BCUT2D eigenvalue weighted by molar-refractivity contribution is 0.0138. The van der Waals surface area contributed by atoms with Crippen LogP contribution < -0.4 is 5.32 Å². The summed E-state index contributed by atoms with van der Waals surface area (Å²) < 4.78 is 0. The summed E-state index contributed by atoms with van der Waals surface area (Å²) in [6.07, 6.45) is -0.479. The number of halogens is 1. The molecule has 1 atom stereocenters. The standard InChI is InChI=1S/C15H23ClN2O2/c1-9(2)13(19)15(4,5)8-17-14(20)11-6-7-12(16)18-10(11)3/h6-7,9,13,19H,8H2,1-5H3,(H,17,20). The molecule has 1 rings (SSSR count). The molecule has 0 saturated heterocycles. The third kappa shape index (κ3) is 4.18. The maximum atomic E-state index is 12.1. The SMILES string of the molecule is Cc1nc(Cl)ccc1C(=O)NCC(C)(C)C(O)C(C)C. The summed E-state index contributed by atoms with van der Waals surface area (Å²) in [5.41, 5.74) is 0.707. The average Bonchev–Trinajstić information content (AvgIpc) is 2.35. The quantitative estimate of drug-likeness (QED) is 0.822. The van der Waals surface area contributed by atoms with Crippen molar-refractivity contribution in [2.75, 3.05) is 6.54 Å². The number of nitrogens with zero attached hydrogens (tertiary/aromatic N) is 1. The Balaban J connectivity index is 2.72. The third-order valence-corrected chi connectivity index (χ3v) is 3.64. The number of pyridine rings is 1. The Labute approximate surface area is 125 Å². The fourth-order valence-electron chi connectivity index (χ4n) is 2.18. The fraction of sp³-hybridized carbons (Fsp3) is 0.600. The molecule has 1 aromatic heterocycles. The molecule has 112 valence electrons. The highest BCUT2D eigenvalue weighted by atomic mass is 35.5. The van der Waals surface area contributed by atoms with E-state index < -0.39 is 11.5 Å². The topological polar surface area (TPSA) is 62.2 Å². The minimum absolute atomic E-state index is 0.140. The van der Waals surface area contributed by atoms with E-state index in [2.05, 4.69) is 10.3 Å². The molecule has 0 aliphatic carbocycles. The van der Waals surface area contributed by atoms with Crippen molar-refractivity contribution in [3.63, 3.8) is 0 Å². The Kier molecular flexibility index (Phi) is 5.54. The minimum Gasteiger partial charge on any atom is -0.392 e. The second kappa shape index (κ2) is 6.55. The molecule has 0 aromatic carbocycles. The molecule has 20 heavy (non-hydrogen) atoms. The van der Waals surface area contributed by atoms with Crippen molar-refractivity contribution in [2.45, 2.75) is 40.7 Å². The molecule has 2 N–H and O–H groups in total. The van der Waals surface area contributed by atoms with Crippen molar-refractivity contribution in [1.82, 2.24) is 10.3 Å². The molecule has 0 saturated carbocycles. The lowest BCUT2D eigenvalue weighted by Gasteiger charge is -2.33. The smallest absolute Gasteiger partial charge is 0.253 e. The van der Waals surface area contributed by atoms with Gasteiger partial charge >= 0.3 is 0 Å². The van der Waals surface area contributed by atoms with E-state index in [4.69, 9.17) is 11.6 Å². The largest absolute Gasteiger partial charge is 0.392 e. The van der Waals surface area contributed by atoms with Crippen LogP contribution >= 0.6 is 11.6 Å². The molecular weight excluding hydrogens is 276 g/mol. The summed E-state index contributed by atoms with van der Waals surface area (Å²) in [7, 11) is 0. The number of carbonyl (C=O) groups is 1. The molecule has 0 fully saturated rings. The molecular formula is C15H23ClN2O2. The van der Waals surface area contributed by atoms with Gasteiger partial charge in [0.2, 0.25) is 0 Å². The summed E-state index contributed by atoms with van der Waals surface area (Å²) in [4.78, 5) is 16.2. The maximum absolute atomic E-state index is 12.1. The minimum atomic E-state index is -0.479. The number of aliphatic hydroxyl groups is 1. The highest BCUT2D eigenvalue weighted by Gasteiger charge is 2.30. The summed E-state index contributed by atoms with van der Waals surface area (Å²) in [5, 5.41) is 13.4. The van der Waals surface area contributed by atoms with E-state index in [1.807, 2.05) is 27.7 Å². The van der Waals surface area contributed by atoms with Gasteiger partial charge in [0.1, 0.15) is 5.15 Å². The van der Waals surface area contributed by atoms with Gasteiger partial charge in [0, 0.05) is 12.0 Å². The molecule has 1 heterocycles. The Morgan fingerprint density at radius 1 is 1.45 bits per heavy atom. The van der Waals surface area contributed by atoms with E-state index in [1.165, 1.54) is 0 Å². The number of aromatic nitrogens is 1. The van der Waals surface area contributed by atoms with Crippen LogP contribution in [0, 0.1) is 18.3 Å². The zero-order valence-corrected chi connectivity index (χ0v) is 13.5. The summed E-state index contributed by atoms with van der Waals surface area (Å²) in [5.74, 6) is -0.0588. The average molecular weight is 299 g/mol. The van der Waals surface area contributed by atoms with Crippen LogP contribution in [-0.4, -0.2) is 28.6 Å². The van der Waals surface area contributed by atoms with Crippen LogP contribution in [0.4, 0.5) is 0 Å². The van der Waals surface area contributed by atoms with Crippen LogP contribution in [0.15, 0.2) is 12.1 Å². The van der Waals surface area contributed by atoms with E-state index in [1.54, 1.807) is 19.1 Å². The second-order valence-corrected chi connectivity index (χ2v) is 6.51. The maximum Gasteiger partial charge on any atom is 0.253 e. The zero-order valence-electron chi connectivity index (χ0n) is 12.7. The van der Waals surface area contributed by atoms with Crippen molar-refractivity contribution in [1.29, 1.82) is 0 Å². The van der Waals surface area contributed by atoms with E-state index in [9.17, 15) is 9.90 Å². The van der Waals surface area contributed by atoms with E-state index in [-0.39, 0.29) is 11.8 Å². The van der Waals surface area contributed by atoms with E-state index in [0.717, 1.165) is 0 Å². The first kappa shape index (κ1) is 16.9. The number of carbonyl (C=O) groups excluding carboxylic acids is 1. The summed E-state index contributed by atoms with van der Waals surface area (Å²) in [6.45, 7) is 9.93. The van der Waals surface area contributed by atoms with Gasteiger partial charge in [-0.1, -0.05) is 39.3 Å². The van der Waals surface area contributed by atoms with Crippen LogP contribution in [0.3, 0.4) is 0 Å². The van der Waals surface area contributed by atoms with Gasteiger partial charge in [0.15, 0.2) is 0 Å². The first-order valence-electron chi connectivity index (χ1n) is 6.74. The molecule has 4 nitrogen and oxygen atoms in total. The molecule has 5 heteroatoms. The predicted octanol–water partition coefficient (Wildman–Crippen LogP) is 2.82. The van der Waals surface area contributed by atoms with Crippen molar-refractivity contribution >= 4 is 17.5 Å². The molecule has 0 aliphatic heterocycles. The molecule has 1 aromatic rings. The summed E-state index contributed by atoms with van der Waals surface area (Å²) in [6, 6.07) is 3.25. The van der Waals surface area contributed by atoms with Gasteiger partial charge in [-0.25, -0.2) is 4.98 Å². The number of amides is 1. The number of rotatable bonds is 5. The molecule has 0 bridgehead atoms. The molecule has 1 unspecified atom stereocenters. The van der Waals surface area contributed by atoms with Gasteiger partial charge < -0.3 is 10.4 Å². The van der Waals surface area contributed by atoms with Crippen LogP contribution in [0.1, 0.15) is 43.7 Å². The number of aliphatic hydroxyl groups excluding tert-OH is 1. The number of aryl methyl sites for hydroxylation is 1. The first-order valence-corrected chi connectivity index (χ1v) is 7.12. The monoisotopic (exact) mass is 298 g/mol. The van der Waals surface area contributed by atoms with Gasteiger partial charge in [-0.3, -0.25) is 4.79 Å². The Morgan fingerprint density at radius 3 is 2.55 bits per heavy atom. The van der Waals surface area contributed by atoms with E-state index >= 15 is 0 Å². The number of nitrogens with one attached hydrogen (secondary N) is 1. The lowest BCUT2D eigenvalue weighted by atomic mass is 9.80. The van der Waals surface area contributed by atoms with Crippen LogP contribution in [0.25, 0.3) is 0 Å². The fourth-order valence-corrected chi connectivity index (χ4v) is 2.37. The Morgan fingerprint density at radius 2 is 2.05 bits per heavy atom. The van der Waals surface area contributed by atoms with Crippen molar-refractivity contribution < 1.29 is 9.90 Å². The highest BCUT2D eigenvalue weighted by molar-refractivity contribution is 6.29. The van der Waals surface area contributed by atoms with Gasteiger partial charge in [-0.2, -0.15) is 0 Å². The van der Waals surface area contributed by atoms with Crippen molar-refractivity contribution in [2.24, 2.45) is 11.3 Å².